The third kappa shape index (κ3) is 4.64. The van der Waals surface area contributed by atoms with E-state index >= 15 is 0 Å². The maximum Gasteiger partial charge on any atom is 0.408 e. The number of carboxylic acids is 1. The number of hydrogen-bond acceptors (Lipinski definition) is 7. The van der Waals surface area contributed by atoms with E-state index in [1.165, 1.54) is 22.0 Å². The molecule has 1 aliphatic rings. The zero-order valence-electron chi connectivity index (χ0n) is 19.9. The van der Waals surface area contributed by atoms with Crippen LogP contribution in [0, 0.1) is 29.9 Å². The highest BCUT2D eigenvalue weighted by atomic mass is 19.4. The molecule has 0 unspecified atom stereocenters. The molecule has 1 aromatic carbocycles. The van der Waals surface area contributed by atoms with E-state index < -0.39 is 52.5 Å². The van der Waals surface area contributed by atoms with Crippen LogP contribution < -0.4 is 15.3 Å². The molecule has 0 saturated carbocycles. The molecule has 0 bridgehead atoms. The number of aromatic amines is 1. The first kappa shape index (κ1) is 26.6. The average Bonchev–Trinajstić information content (AvgIpc) is 3.43. The zero-order chi connectivity index (χ0) is 28.0. The lowest BCUT2D eigenvalue weighted by atomic mass is 9.86. The minimum Gasteiger partial charge on any atom is -0.543 e. The van der Waals surface area contributed by atoms with Gasteiger partial charge in [-0.2, -0.15) is 28.6 Å². The van der Waals surface area contributed by atoms with Crippen LogP contribution in [-0.4, -0.2) is 57.2 Å². The molecular formula is C23H19F5N7O3-. The van der Waals surface area contributed by atoms with Gasteiger partial charge in [-0.15, -0.1) is 0 Å². The van der Waals surface area contributed by atoms with Crippen molar-refractivity contribution in [2.75, 3.05) is 18.0 Å². The Bertz CT molecular complexity index is 1450. The van der Waals surface area contributed by atoms with E-state index in [2.05, 4.69) is 15.3 Å². The molecule has 4 rings (SSSR count). The predicted molar refractivity (Wildman–Crippen MR) is 119 cm³/mol. The zero-order valence-corrected chi connectivity index (χ0v) is 19.9. The Morgan fingerprint density at radius 1 is 1.26 bits per heavy atom. The van der Waals surface area contributed by atoms with Crippen LogP contribution in [0.4, 0.5) is 27.6 Å². The second-order valence-corrected chi connectivity index (χ2v) is 8.97. The van der Waals surface area contributed by atoms with E-state index in [-0.39, 0.29) is 30.8 Å². The second-order valence-electron chi connectivity index (χ2n) is 8.97. The second kappa shape index (κ2) is 9.43. The molecule has 1 aliphatic heterocycles. The molecule has 0 spiro atoms. The summed E-state index contributed by atoms with van der Waals surface area (Å²) in [6, 6.07) is 0.872. The Balaban J connectivity index is 1.61. The number of nitriles is 1. The van der Waals surface area contributed by atoms with Crippen LogP contribution in [-0.2, 0) is 5.54 Å². The number of alkyl halides is 3. The monoisotopic (exact) mass is 536 g/mol. The van der Waals surface area contributed by atoms with Crippen LogP contribution in [0.5, 0.6) is 0 Å². The van der Waals surface area contributed by atoms with Crippen molar-refractivity contribution in [3.63, 3.8) is 0 Å². The van der Waals surface area contributed by atoms with Gasteiger partial charge in [0, 0.05) is 42.2 Å². The number of aryl methyl sites for hydroxylation is 1. The number of hydrogen-bond donors (Lipinski definition) is 2. The fraction of sp³-hybridized carbons (Fsp3) is 0.348. The Hall–Kier alpha value is -4.48. The highest BCUT2D eigenvalue weighted by Crippen LogP contribution is 2.39. The van der Waals surface area contributed by atoms with Crippen molar-refractivity contribution in [2.45, 2.75) is 38.0 Å². The van der Waals surface area contributed by atoms with Gasteiger partial charge in [-0.25, -0.2) is 8.78 Å². The van der Waals surface area contributed by atoms with Gasteiger partial charge in [0.15, 0.2) is 0 Å². The largest absolute Gasteiger partial charge is 0.543 e. The van der Waals surface area contributed by atoms with E-state index in [0.29, 0.717) is 30.3 Å². The summed E-state index contributed by atoms with van der Waals surface area (Å²) in [5.41, 5.74) is -1.52. The highest BCUT2D eigenvalue weighted by molar-refractivity contribution is 5.95. The highest BCUT2D eigenvalue weighted by Gasteiger charge is 2.47. The van der Waals surface area contributed by atoms with Gasteiger partial charge in [0.2, 0.25) is 0 Å². The summed E-state index contributed by atoms with van der Waals surface area (Å²) in [6.07, 6.45) is -2.13. The van der Waals surface area contributed by atoms with Crippen LogP contribution in [0.3, 0.4) is 0 Å². The number of aromatic nitrogens is 4. The van der Waals surface area contributed by atoms with Gasteiger partial charge >= 0.3 is 6.18 Å². The fourth-order valence-corrected chi connectivity index (χ4v) is 4.22. The topological polar surface area (TPSA) is 143 Å². The van der Waals surface area contributed by atoms with Crippen molar-refractivity contribution < 1.29 is 36.6 Å². The molecule has 1 amide bonds. The quantitative estimate of drug-likeness (QED) is 0.440. The molecule has 1 atom stereocenters. The average molecular weight is 536 g/mol. The number of rotatable bonds is 7. The van der Waals surface area contributed by atoms with Crippen molar-refractivity contribution in [3.05, 3.63) is 53.1 Å². The van der Waals surface area contributed by atoms with Gasteiger partial charge in [-0.3, -0.25) is 14.6 Å². The number of amides is 1. The summed E-state index contributed by atoms with van der Waals surface area (Å²) in [6.45, 7) is 2.15. The molecule has 0 radical (unpaired) electrons. The first-order valence-corrected chi connectivity index (χ1v) is 11.1. The number of aromatic carboxylic acids is 1. The van der Waals surface area contributed by atoms with Gasteiger partial charge in [0.05, 0.1) is 35.9 Å². The number of carbonyl (C=O) groups is 2. The van der Waals surface area contributed by atoms with Gasteiger partial charge in [0.1, 0.15) is 28.9 Å². The molecule has 2 aromatic heterocycles. The summed E-state index contributed by atoms with van der Waals surface area (Å²) in [5.74, 6) is -5.33. The number of nitrogens with one attached hydrogen (secondary N) is 2. The van der Waals surface area contributed by atoms with Gasteiger partial charge < -0.3 is 20.1 Å². The maximum absolute atomic E-state index is 14.9. The minimum absolute atomic E-state index is 0.0917. The van der Waals surface area contributed by atoms with Crippen molar-refractivity contribution in [1.29, 1.82) is 5.26 Å². The van der Waals surface area contributed by atoms with Crippen molar-refractivity contribution in [2.24, 2.45) is 0 Å². The van der Waals surface area contributed by atoms with Crippen molar-refractivity contribution >= 4 is 17.6 Å². The van der Waals surface area contributed by atoms with E-state index in [1.54, 1.807) is 12.2 Å². The lowest BCUT2D eigenvalue weighted by Gasteiger charge is -2.50. The van der Waals surface area contributed by atoms with Crippen LogP contribution in [0.2, 0.25) is 0 Å². The number of benzene rings is 1. The normalized spacial score (nSPS) is 15.5. The van der Waals surface area contributed by atoms with Gasteiger partial charge in [-0.1, -0.05) is 0 Å². The number of carboxylic acid groups (broad SMARTS) is 1. The molecular weight excluding hydrogens is 517 g/mol. The summed E-state index contributed by atoms with van der Waals surface area (Å²) < 4.78 is 69.0. The van der Waals surface area contributed by atoms with Crippen molar-refractivity contribution in [3.8, 4) is 17.2 Å². The molecule has 3 heterocycles. The summed E-state index contributed by atoms with van der Waals surface area (Å²) in [7, 11) is 0. The molecule has 3 aromatic rings. The van der Waals surface area contributed by atoms with Crippen LogP contribution in [0.1, 0.15) is 39.9 Å². The summed E-state index contributed by atoms with van der Waals surface area (Å²) in [4.78, 5) is 25.1. The number of H-pyrrole nitrogens is 1. The maximum atomic E-state index is 14.9. The molecule has 15 heteroatoms. The Labute approximate surface area is 211 Å². The Morgan fingerprint density at radius 3 is 2.50 bits per heavy atom. The first-order valence-electron chi connectivity index (χ1n) is 11.1. The molecule has 1 fully saturated rings. The van der Waals surface area contributed by atoms with Crippen molar-refractivity contribution in [1.82, 2.24) is 25.3 Å². The molecule has 10 nitrogen and oxygen atoms in total. The van der Waals surface area contributed by atoms with E-state index in [1.807, 2.05) is 6.07 Å². The summed E-state index contributed by atoms with van der Waals surface area (Å²) in [5, 5.41) is 33.4. The third-order valence-corrected chi connectivity index (χ3v) is 6.35. The smallest absolute Gasteiger partial charge is 0.408 e. The molecule has 0 aliphatic carbocycles. The molecule has 1 saturated heterocycles. The van der Waals surface area contributed by atoms with Gasteiger partial charge in [0.25, 0.3) is 5.91 Å². The lowest BCUT2D eigenvalue weighted by Crippen LogP contribution is -2.63. The standard InChI is InChI=1S/C23H20F5N7O3/c1-11-14(7-30-32-11)15-8-35(33-19(15)21(37)38)22(3-4-29)9-34(10-22)18-6-16(24)13(5-17(18)25)20(36)31-12(2)23(26,27)28/h5-8,12H,3,9-10H2,1-2H3,(H,30,32)(H,31,36)(H,37,38)/p-1/t12-/m0/s1. The Morgan fingerprint density at radius 2 is 1.95 bits per heavy atom. The minimum atomic E-state index is -4.77. The van der Waals surface area contributed by atoms with Crippen LogP contribution >= 0.6 is 0 Å². The fourth-order valence-electron chi connectivity index (χ4n) is 4.22. The molecule has 38 heavy (non-hydrogen) atoms. The van der Waals surface area contributed by atoms with E-state index in [4.69, 9.17) is 0 Å². The lowest BCUT2D eigenvalue weighted by molar-refractivity contribution is -0.255. The first-order chi connectivity index (χ1) is 17.8. The SMILES string of the molecule is Cc1[nH]ncc1-c1cn(C2(CC#N)CN(c3cc(F)c(C(=O)N[C@@H](C)C(F)(F)F)cc3F)C2)nc1C(=O)[O-]. The summed E-state index contributed by atoms with van der Waals surface area (Å²) >= 11 is 0. The number of anilines is 1. The number of halogens is 5. The molecule has 2 N–H and O–H groups in total. The number of carbonyl (C=O) groups excluding carboxylic acids is 2. The van der Waals surface area contributed by atoms with Crippen LogP contribution in [0.25, 0.3) is 11.1 Å². The van der Waals surface area contributed by atoms with E-state index in [0.717, 1.165) is 0 Å². The third-order valence-electron chi connectivity index (χ3n) is 6.35. The number of nitrogens with zero attached hydrogens (tertiary/aromatic N) is 5. The predicted octanol–water partition coefficient (Wildman–Crippen LogP) is 2.03. The van der Waals surface area contributed by atoms with Gasteiger partial charge in [-0.05, 0) is 19.9 Å². The molecule has 200 valence electrons. The van der Waals surface area contributed by atoms with Crippen LogP contribution in [0.15, 0.2) is 24.5 Å². The van der Waals surface area contributed by atoms with E-state index in [9.17, 15) is 41.9 Å². The Kier molecular flexibility index (Phi) is 6.60.